The average Bonchev–Trinajstić information content (AvgIpc) is 2.72. The van der Waals surface area contributed by atoms with E-state index in [0.29, 0.717) is 5.92 Å². The molecule has 1 aromatic rings. The van der Waals surface area contributed by atoms with Crippen LogP contribution in [-0.4, -0.2) is 9.97 Å². The second-order valence-electron chi connectivity index (χ2n) is 9.09. The Balaban J connectivity index is 1.41. The van der Waals surface area contributed by atoms with Gasteiger partial charge in [0.2, 0.25) is 0 Å². The molecule has 2 fully saturated rings. The van der Waals surface area contributed by atoms with Crippen molar-refractivity contribution < 1.29 is 0 Å². The number of hydrogen-bond acceptors (Lipinski definition) is 2. The van der Waals surface area contributed by atoms with Crippen molar-refractivity contribution in [2.75, 3.05) is 0 Å². The third-order valence-electron chi connectivity index (χ3n) is 7.21. The first-order valence-corrected chi connectivity index (χ1v) is 11.6. The summed E-state index contributed by atoms with van der Waals surface area (Å²) in [4.78, 5) is 9.44. The molecule has 0 aromatic carbocycles. The van der Waals surface area contributed by atoms with E-state index in [1.54, 1.807) is 0 Å². The summed E-state index contributed by atoms with van der Waals surface area (Å²) in [6, 6.07) is 0. The average molecular weight is 357 g/mol. The highest BCUT2D eigenvalue weighted by Gasteiger charge is 2.31. The van der Waals surface area contributed by atoms with Crippen LogP contribution in [0.2, 0.25) is 0 Å². The van der Waals surface area contributed by atoms with Gasteiger partial charge < -0.3 is 0 Å². The van der Waals surface area contributed by atoms with Gasteiger partial charge >= 0.3 is 0 Å². The smallest absolute Gasteiger partial charge is 0.131 e. The van der Waals surface area contributed by atoms with Crippen molar-refractivity contribution in [1.29, 1.82) is 0 Å². The van der Waals surface area contributed by atoms with E-state index in [1.807, 2.05) is 0 Å². The lowest BCUT2D eigenvalue weighted by atomic mass is 9.68. The molecule has 0 atom stereocenters. The minimum atomic E-state index is 0.618. The predicted octanol–water partition coefficient (Wildman–Crippen LogP) is 7.09. The topological polar surface area (TPSA) is 25.8 Å². The van der Waals surface area contributed by atoms with Crippen molar-refractivity contribution >= 4 is 0 Å². The first-order chi connectivity index (χ1) is 12.8. The fourth-order valence-electron chi connectivity index (χ4n) is 5.38. The summed E-state index contributed by atoms with van der Waals surface area (Å²) in [6.07, 6.45) is 23.6. The number of rotatable bonds is 8. The molecule has 2 aliphatic carbocycles. The van der Waals surface area contributed by atoms with E-state index in [9.17, 15) is 0 Å². The Hall–Kier alpha value is -0.920. The van der Waals surface area contributed by atoms with Crippen LogP contribution in [0.15, 0.2) is 12.4 Å². The molecule has 0 aliphatic heterocycles. The van der Waals surface area contributed by atoms with Crippen molar-refractivity contribution in [3.63, 3.8) is 0 Å². The minimum absolute atomic E-state index is 0.618. The molecule has 0 saturated heterocycles. The van der Waals surface area contributed by atoms with Crippen molar-refractivity contribution in [2.24, 2.45) is 17.8 Å². The Kier molecular flexibility index (Phi) is 7.95. The lowest BCUT2D eigenvalue weighted by Gasteiger charge is -2.37. The van der Waals surface area contributed by atoms with Gasteiger partial charge in [-0.3, -0.25) is 0 Å². The first kappa shape index (κ1) is 19.8. The molecule has 0 amide bonds. The fraction of sp³-hybridized carbons (Fsp3) is 0.833. The zero-order valence-corrected chi connectivity index (χ0v) is 17.3. The van der Waals surface area contributed by atoms with Crippen LogP contribution < -0.4 is 0 Å². The van der Waals surface area contributed by atoms with Crippen molar-refractivity contribution in [3.05, 3.63) is 23.8 Å². The molecule has 0 unspecified atom stereocenters. The molecular formula is C24H40N2. The molecule has 3 rings (SSSR count). The second kappa shape index (κ2) is 10.4. The van der Waals surface area contributed by atoms with E-state index < -0.39 is 0 Å². The Morgan fingerprint density at radius 3 is 1.92 bits per heavy atom. The van der Waals surface area contributed by atoms with Crippen LogP contribution in [0.1, 0.15) is 115 Å². The van der Waals surface area contributed by atoms with Crippen molar-refractivity contribution in [3.8, 4) is 0 Å². The van der Waals surface area contributed by atoms with E-state index in [0.717, 1.165) is 30.0 Å². The highest BCUT2D eigenvalue weighted by molar-refractivity contribution is 5.08. The monoisotopic (exact) mass is 356 g/mol. The van der Waals surface area contributed by atoms with Crippen LogP contribution in [0.3, 0.4) is 0 Å². The van der Waals surface area contributed by atoms with Crippen molar-refractivity contribution in [1.82, 2.24) is 9.97 Å². The molecular weight excluding hydrogens is 316 g/mol. The first-order valence-electron chi connectivity index (χ1n) is 11.6. The Bertz CT molecular complexity index is 493. The maximum atomic E-state index is 4.72. The second-order valence-corrected chi connectivity index (χ2v) is 9.09. The van der Waals surface area contributed by atoms with Gasteiger partial charge in [-0.15, -0.1) is 0 Å². The SMILES string of the molecule is CCCCc1cnc(C2CCC(C3CCC(CCCC)CC3)CC2)nc1. The van der Waals surface area contributed by atoms with Gasteiger partial charge in [-0.1, -0.05) is 52.4 Å². The van der Waals surface area contributed by atoms with E-state index in [1.165, 1.54) is 89.0 Å². The van der Waals surface area contributed by atoms with Gasteiger partial charge in [0.1, 0.15) is 5.82 Å². The van der Waals surface area contributed by atoms with E-state index in [-0.39, 0.29) is 0 Å². The Morgan fingerprint density at radius 1 is 0.769 bits per heavy atom. The van der Waals surface area contributed by atoms with Gasteiger partial charge in [-0.05, 0) is 74.7 Å². The highest BCUT2D eigenvalue weighted by Crippen LogP contribution is 2.43. The molecule has 0 bridgehead atoms. The van der Waals surface area contributed by atoms with E-state index in [2.05, 4.69) is 26.2 Å². The quantitative estimate of drug-likeness (QED) is 0.497. The summed E-state index contributed by atoms with van der Waals surface area (Å²) in [5, 5.41) is 0. The predicted molar refractivity (Wildman–Crippen MR) is 110 cm³/mol. The number of aromatic nitrogens is 2. The lowest BCUT2D eigenvalue weighted by Crippen LogP contribution is -2.25. The number of nitrogens with zero attached hydrogens (tertiary/aromatic N) is 2. The third kappa shape index (κ3) is 5.54. The van der Waals surface area contributed by atoms with Crippen LogP contribution in [-0.2, 0) is 6.42 Å². The molecule has 0 spiro atoms. The maximum absolute atomic E-state index is 4.72. The summed E-state index contributed by atoms with van der Waals surface area (Å²) in [6.45, 7) is 4.57. The fourth-order valence-corrected chi connectivity index (χ4v) is 5.38. The third-order valence-corrected chi connectivity index (χ3v) is 7.21. The zero-order valence-electron chi connectivity index (χ0n) is 17.3. The van der Waals surface area contributed by atoms with Crippen LogP contribution in [0.5, 0.6) is 0 Å². The Labute approximate surface area is 161 Å². The Morgan fingerprint density at radius 2 is 1.35 bits per heavy atom. The lowest BCUT2D eigenvalue weighted by molar-refractivity contribution is 0.154. The van der Waals surface area contributed by atoms with E-state index >= 15 is 0 Å². The van der Waals surface area contributed by atoms with Gasteiger partial charge in [-0.25, -0.2) is 9.97 Å². The molecule has 2 nitrogen and oxygen atoms in total. The van der Waals surface area contributed by atoms with Gasteiger partial charge in [-0.2, -0.15) is 0 Å². The highest BCUT2D eigenvalue weighted by atomic mass is 14.9. The summed E-state index contributed by atoms with van der Waals surface area (Å²) in [5.74, 6) is 4.79. The number of unbranched alkanes of at least 4 members (excludes halogenated alkanes) is 2. The summed E-state index contributed by atoms with van der Waals surface area (Å²) < 4.78 is 0. The van der Waals surface area contributed by atoms with Crippen LogP contribution in [0.4, 0.5) is 0 Å². The number of aryl methyl sites for hydroxylation is 1. The molecule has 2 aliphatic rings. The molecule has 2 saturated carbocycles. The molecule has 1 aromatic heterocycles. The van der Waals surface area contributed by atoms with Crippen LogP contribution in [0.25, 0.3) is 0 Å². The van der Waals surface area contributed by atoms with Gasteiger partial charge in [0.25, 0.3) is 0 Å². The molecule has 1 heterocycles. The standard InChI is InChI=1S/C24H40N2/c1-3-5-7-19-9-11-21(12-10-19)22-13-15-23(16-14-22)24-25-17-20(18-26-24)8-6-4-2/h17-19,21-23H,3-16H2,1-2H3. The number of hydrogen-bond donors (Lipinski definition) is 0. The summed E-state index contributed by atoms with van der Waals surface area (Å²) in [5.41, 5.74) is 1.31. The molecule has 0 N–H and O–H groups in total. The molecule has 26 heavy (non-hydrogen) atoms. The minimum Gasteiger partial charge on any atom is -0.241 e. The maximum Gasteiger partial charge on any atom is 0.131 e. The van der Waals surface area contributed by atoms with Crippen LogP contribution >= 0.6 is 0 Å². The zero-order chi connectivity index (χ0) is 18.2. The van der Waals surface area contributed by atoms with Gasteiger partial charge in [0.05, 0.1) is 0 Å². The normalized spacial score (nSPS) is 29.6. The molecule has 0 radical (unpaired) electrons. The van der Waals surface area contributed by atoms with E-state index in [4.69, 9.17) is 9.97 Å². The van der Waals surface area contributed by atoms with Gasteiger partial charge in [0, 0.05) is 18.3 Å². The van der Waals surface area contributed by atoms with Crippen molar-refractivity contribution in [2.45, 2.75) is 110 Å². The molecule has 2 heteroatoms. The largest absolute Gasteiger partial charge is 0.241 e. The summed E-state index contributed by atoms with van der Waals surface area (Å²) >= 11 is 0. The van der Waals surface area contributed by atoms with Gasteiger partial charge in [0.15, 0.2) is 0 Å². The van der Waals surface area contributed by atoms with Crippen LogP contribution in [0, 0.1) is 17.8 Å². The molecule has 146 valence electrons. The summed E-state index contributed by atoms with van der Waals surface area (Å²) in [7, 11) is 0.